The molecule has 0 saturated heterocycles. The van der Waals surface area contributed by atoms with E-state index in [0.29, 0.717) is 5.89 Å². The SMILES string of the molecule is c1ccc2cc(N(c3ccc4c(c3)oc3cccc(-c5nc6ccc7ccccc7c6o5)c34)c3cccc4c3ccc3c5ccccc5ccc43)ccc2c1. The molecule has 0 spiro atoms. The lowest BCUT2D eigenvalue weighted by Gasteiger charge is -2.27. The van der Waals surface area contributed by atoms with Gasteiger partial charge in [0.05, 0.1) is 5.69 Å². The first-order valence-corrected chi connectivity index (χ1v) is 18.6. The maximum absolute atomic E-state index is 6.68. The van der Waals surface area contributed by atoms with Crippen LogP contribution in [0.2, 0.25) is 0 Å². The number of oxazole rings is 1. The number of fused-ring (bicyclic) bond motifs is 12. The average molecular weight is 703 g/mol. The van der Waals surface area contributed by atoms with Crippen LogP contribution in [0.5, 0.6) is 0 Å². The molecule has 12 rings (SSSR count). The molecule has 2 heterocycles. The molecule has 0 fully saturated rings. The molecule has 55 heavy (non-hydrogen) atoms. The summed E-state index contributed by atoms with van der Waals surface area (Å²) >= 11 is 0. The molecule has 0 aliphatic carbocycles. The molecule has 4 nitrogen and oxygen atoms in total. The van der Waals surface area contributed by atoms with Gasteiger partial charge in [0.2, 0.25) is 5.89 Å². The molecule has 0 aliphatic rings. The van der Waals surface area contributed by atoms with Crippen LogP contribution >= 0.6 is 0 Å². The van der Waals surface area contributed by atoms with Gasteiger partial charge in [-0.1, -0.05) is 127 Å². The fraction of sp³-hybridized carbons (Fsp3) is 0. The minimum absolute atomic E-state index is 0.581. The first-order chi connectivity index (χ1) is 27.2. The number of hydrogen-bond acceptors (Lipinski definition) is 4. The van der Waals surface area contributed by atoms with Crippen LogP contribution in [0.25, 0.3) is 98.4 Å². The number of rotatable bonds is 4. The van der Waals surface area contributed by atoms with E-state index in [1.807, 2.05) is 30.3 Å². The van der Waals surface area contributed by atoms with Crippen LogP contribution < -0.4 is 4.90 Å². The Labute approximate surface area is 315 Å². The van der Waals surface area contributed by atoms with E-state index in [-0.39, 0.29) is 0 Å². The van der Waals surface area contributed by atoms with Gasteiger partial charge in [0.25, 0.3) is 0 Å². The third-order valence-corrected chi connectivity index (χ3v) is 11.2. The fourth-order valence-corrected chi connectivity index (χ4v) is 8.68. The van der Waals surface area contributed by atoms with Crippen LogP contribution in [0.3, 0.4) is 0 Å². The summed E-state index contributed by atoms with van der Waals surface area (Å²) in [5.41, 5.74) is 7.29. The Morgan fingerprint density at radius 2 is 1.00 bits per heavy atom. The van der Waals surface area contributed by atoms with Crippen molar-refractivity contribution in [1.82, 2.24) is 4.98 Å². The summed E-state index contributed by atoms with van der Waals surface area (Å²) in [5.74, 6) is 0.581. The van der Waals surface area contributed by atoms with Crippen LogP contribution in [0, 0.1) is 0 Å². The van der Waals surface area contributed by atoms with Gasteiger partial charge in [-0.3, -0.25) is 0 Å². The van der Waals surface area contributed by atoms with Crippen LogP contribution in [-0.2, 0) is 0 Å². The van der Waals surface area contributed by atoms with E-state index >= 15 is 0 Å². The normalized spacial score (nSPS) is 12.0. The summed E-state index contributed by atoms with van der Waals surface area (Å²) in [5, 5.41) is 14.0. The zero-order valence-electron chi connectivity index (χ0n) is 29.5. The molecule has 0 amide bonds. The second kappa shape index (κ2) is 11.5. The van der Waals surface area contributed by atoms with Gasteiger partial charge in [0, 0.05) is 44.5 Å². The van der Waals surface area contributed by atoms with Crippen molar-refractivity contribution in [2.24, 2.45) is 0 Å². The van der Waals surface area contributed by atoms with Crippen molar-refractivity contribution >= 4 is 104 Å². The molecule has 10 aromatic carbocycles. The summed E-state index contributed by atoms with van der Waals surface area (Å²) in [6.07, 6.45) is 0. The van der Waals surface area contributed by atoms with E-state index in [9.17, 15) is 0 Å². The maximum atomic E-state index is 6.68. The van der Waals surface area contributed by atoms with Crippen molar-refractivity contribution in [2.75, 3.05) is 4.90 Å². The van der Waals surface area contributed by atoms with Crippen LogP contribution in [-0.4, -0.2) is 4.98 Å². The van der Waals surface area contributed by atoms with Crippen LogP contribution in [0.4, 0.5) is 17.1 Å². The predicted octanol–water partition coefficient (Wildman–Crippen LogP) is 14.6. The molecule has 0 atom stereocenters. The Morgan fingerprint density at radius 3 is 1.91 bits per heavy atom. The molecule has 0 aliphatic heterocycles. The van der Waals surface area contributed by atoms with Crippen molar-refractivity contribution in [3.8, 4) is 11.5 Å². The Kier molecular flexibility index (Phi) is 6.31. The van der Waals surface area contributed by atoms with Gasteiger partial charge in [-0.25, -0.2) is 4.98 Å². The molecule has 2 aromatic heterocycles. The summed E-state index contributed by atoms with van der Waals surface area (Å²) in [4.78, 5) is 7.33. The van der Waals surface area contributed by atoms with Gasteiger partial charge in [-0.15, -0.1) is 0 Å². The third kappa shape index (κ3) is 4.55. The molecular formula is C51H30N2O2. The van der Waals surface area contributed by atoms with Gasteiger partial charge in [0.15, 0.2) is 5.58 Å². The van der Waals surface area contributed by atoms with Crippen LogP contribution in [0.1, 0.15) is 0 Å². The molecular weight excluding hydrogens is 673 g/mol. The lowest BCUT2D eigenvalue weighted by atomic mass is 9.96. The molecule has 0 N–H and O–H groups in total. The Bertz CT molecular complexity index is 3520. The van der Waals surface area contributed by atoms with Gasteiger partial charge >= 0.3 is 0 Å². The second-order valence-corrected chi connectivity index (χ2v) is 14.3. The first-order valence-electron chi connectivity index (χ1n) is 18.6. The monoisotopic (exact) mass is 702 g/mol. The van der Waals surface area contributed by atoms with E-state index in [0.717, 1.165) is 66.4 Å². The van der Waals surface area contributed by atoms with E-state index in [4.69, 9.17) is 13.8 Å². The van der Waals surface area contributed by atoms with Crippen LogP contribution in [0.15, 0.2) is 191 Å². The second-order valence-electron chi connectivity index (χ2n) is 14.3. The highest BCUT2D eigenvalue weighted by Crippen LogP contribution is 2.45. The highest BCUT2D eigenvalue weighted by molar-refractivity contribution is 6.20. The Morgan fingerprint density at radius 1 is 0.382 bits per heavy atom. The van der Waals surface area contributed by atoms with Gasteiger partial charge in [-0.05, 0) is 91.6 Å². The summed E-state index contributed by atoms with van der Waals surface area (Å²) in [7, 11) is 0. The van der Waals surface area contributed by atoms with E-state index in [1.165, 1.54) is 43.1 Å². The largest absolute Gasteiger partial charge is 0.456 e. The van der Waals surface area contributed by atoms with Gasteiger partial charge in [0.1, 0.15) is 16.7 Å². The highest BCUT2D eigenvalue weighted by Gasteiger charge is 2.21. The minimum atomic E-state index is 0.581. The number of benzene rings is 10. The number of anilines is 3. The van der Waals surface area contributed by atoms with Crippen molar-refractivity contribution in [2.45, 2.75) is 0 Å². The number of furan rings is 1. The first kappa shape index (κ1) is 30.1. The number of hydrogen-bond donors (Lipinski definition) is 0. The predicted molar refractivity (Wildman–Crippen MR) is 229 cm³/mol. The third-order valence-electron chi connectivity index (χ3n) is 11.2. The number of aromatic nitrogens is 1. The summed E-state index contributed by atoms with van der Waals surface area (Å²) in [6, 6.07) is 64.6. The lowest BCUT2D eigenvalue weighted by molar-refractivity contribution is 0.623. The zero-order chi connectivity index (χ0) is 36.0. The molecule has 4 heteroatoms. The Hall–Kier alpha value is -7.43. The zero-order valence-corrected chi connectivity index (χ0v) is 29.5. The molecule has 256 valence electrons. The lowest BCUT2D eigenvalue weighted by Crippen LogP contribution is -2.10. The standard InChI is InChI=1S/C51H30N2O2/c1-2-12-34-29-35(22-19-31(34)9-1)53(46-17-7-15-39-41-24-20-32-10-3-5-13-37(32)40(41)26-27-42(39)46)36-23-25-43-48(30-36)54-47-18-8-16-44(49(43)47)51-52-45-28-21-33-11-4-6-14-38(33)50(45)55-51/h1-30H. The molecule has 12 aromatic rings. The van der Waals surface area contributed by atoms with E-state index in [2.05, 4.69) is 157 Å². The van der Waals surface area contributed by atoms with Crippen molar-refractivity contribution < 1.29 is 8.83 Å². The van der Waals surface area contributed by atoms with Gasteiger partial charge in [-0.2, -0.15) is 0 Å². The van der Waals surface area contributed by atoms with Crippen molar-refractivity contribution in [3.05, 3.63) is 182 Å². The molecule has 0 unspecified atom stereocenters. The fourth-order valence-electron chi connectivity index (χ4n) is 8.68. The number of nitrogens with zero attached hydrogens (tertiary/aromatic N) is 2. The molecule has 0 radical (unpaired) electrons. The highest BCUT2D eigenvalue weighted by atomic mass is 16.3. The Balaban J connectivity index is 1.07. The minimum Gasteiger partial charge on any atom is -0.456 e. The van der Waals surface area contributed by atoms with Gasteiger partial charge < -0.3 is 13.7 Å². The average Bonchev–Trinajstić information content (AvgIpc) is 3.86. The topological polar surface area (TPSA) is 42.4 Å². The molecule has 0 saturated carbocycles. The van der Waals surface area contributed by atoms with Crippen molar-refractivity contribution in [1.29, 1.82) is 0 Å². The molecule has 0 bridgehead atoms. The van der Waals surface area contributed by atoms with Crippen molar-refractivity contribution in [3.63, 3.8) is 0 Å². The maximum Gasteiger partial charge on any atom is 0.228 e. The quantitative estimate of drug-likeness (QED) is 0.171. The van der Waals surface area contributed by atoms with E-state index < -0.39 is 0 Å². The van der Waals surface area contributed by atoms with E-state index in [1.54, 1.807) is 0 Å². The summed E-state index contributed by atoms with van der Waals surface area (Å²) in [6.45, 7) is 0. The smallest absolute Gasteiger partial charge is 0.228 e. The summed E-state index contributed by atoms with van der Waals surface area (Å²) < 4.78 is 13.2.